The lowest BCUT2D eigenvalue weighted by Gasteiger charge is -2.34. The van der Waals surface area contributed by atoms with E-state index < -0.39 is 41.3 Å². The highest BCUT2D eigenvalue weighted by atomic mass is 16.5. The predicted octanol–water partition coefficient (Wildman–Crippen LogP) is 2.33. The molecule has 4 amide bonds. The number of nitrogens with two attached hydrogens (primary N) is 1. The first-order valence-corrected chi connectivity index (χ1v) is 12.9. The van der Waals surface area contributed by atoms with Gasteiger partial charge in [-0.05, 0) is 49.8 Å². The average molecular weight is 501 g/mol. The first kappa shape index (κ1) is 25.9. The normalized spacial score (nSPS) is 28.2. The molecule has 0 bridgehead atoms. The van der Waals surface area contributed by atoms with E-state index >= 15 is 0 Å². The van der Waals surface area contributed by atoms with Crippen molar-refractivity contribution in [3.8, 4) is 5.75 Å². The van der Waals surface area contributed by atoms with Crippen LogP contribution in [0, 0.1) is 11.8 Å². The zero-order valence-electron chi connectivity index (χ0n) is 20.7. The lowest BCUT2D eigenvalue weighted by Crippen LogP contribution is -2.56. The zero-order chi connectivity index (χ0) is 25.9. The number of hydrogen-bond acceptors (Lipinski definition) is 6. The summed E-state index contributed by atoms with van der Waals surface area (Å²) in [5.41, 5.74) is 4.25. The van der Waals surface area contributed by atoms with Crippen LogP contribution in [0.2, 0.25) is 0 Å². The van der Waals surface area contributed by atoms with Gasteiger partial charge in [0.05, 0.1) is 18.4 Å². The second kappa shape index (κ2) is 10.9. The van der Waals surface area contributed by atoms with Crippen LogP contribution in [-0.4, -0.2) is 58.6 Å². The number of carboxylic acids is 1. The van der Waals surface area contributed by atoms with E-state index in [9.17, 15) is 24.3 Å². The monoisotopic (exact) mass is 500 g/mol. The number of likely N-dealkylation sites (tertiary alicyclic amines) is 1. The molecule has 4 rings (SSSR count). The first-order chi connectivity index (χ1) is 17.3. The Balaban J connectivity index is 1.68. The minimum atomic E-state index is -1.64. The Hall–Kier alpha value is -3.14. The summed E-state index contributed by atoms with van der Waals surface area (Å²) in [6, 6.07) is 5.74. The van der Waals surface area contributed by atoms with Crippen molar-refractivity contribution < 1.29 is 29.0 Å². The first-order valence-electron chi connectivity index (χ1n) is 12.9. The number of hydrogen-bond donors (Lipinski definition) is 4. The third-order valence-corrected chi connectivity index (χ3v) is 7.77. The van der Waals surface area contributed by atoms with E-state index in [0.29, 0.717) is 12.4 Å². The number of primary amides is 1. The number of urea groups is 1. The van der Waals surface area contributed by atoms with Gasteiger partial charge in [0.1, 0.15) is 11.3 Å². The number of imide groups is 1. The Labute approximate surface area is 210 Å². The number of ether oxygens (including phenoxy) is 1. The van der Waals surface area contributed by atoms with Crippen molar-refractivity contribution in [2.24, 2.45) is 17.6 Å². The van der Waals surface area contributed by atoms with Gasteiger partial charge in [-0.15, -0.1) is 0 Å². The van der Waals surface area contributed by atoms with E-state index in [-0.39, 0.29) is 31.3 Å². The molecule has 5 N–H and O–H groups in total. The van der Waals surface area contributed by atoms with Crippen LogP contribution in [0.15, 0.2) is 24.3 Å². The Morgan fingerprint density at radius 1 is 1.17 bits per heavy atom. The van der Waals surface area contributed by atoms with Gasteiger partial charge >= 0.3 is 12.0 Å². The number of fused-ring (bicyclic) bond motifs is 1. The largest absolute Gasteiger partial charge is 0.494 e. The van der Waals surface area contributed by atoms with Crippen LogP contribution in [0.5, 0.6) is 5.75 Å². The van der Waals surface area contributed by atoms with Crippen LogP contribution in [0.4, 0.5) is 4.79 Å². The van der Waals surface area contributed by atoms with Crippen molar-refractivity contribution in [1.82, 2.24) is 15.5 Å². The quantitative estimate of drug-likeness (QED) is 0.284. The van der Waals surface area contributed by atoms with E-state index in [2.05, 4.69) is 10.6 Å². The van der Waals surface area contributed by atoms with Gasteiger partial charge in [0.15, 0.2) is 0 Å². The predicted molar refractivity (Wildman–Crippen MR) is 131 cm³/mol. The zero-order valence-corrected chi connectivity index (χ0v) is 20.7. The summed E-state index contributed by atoms with van der Waals surface area (Å²) in [6.07, 6.45) is 5.68. The number of carboxylic acid groups (broad SMARTS) is 1. The number of aliphatic carboxylic acids is 1. The molecule has 1 saturated carbocycles. The van der Waals surface area contributed by atoms with Crippen LogP contribution in [0.25, 0.3) is 0 Å². The second-order valence-corrected chi connectivity index (χ2v) is 10.1. The van der Waals surface area contributed by atoms with Crippen LogP contribution in [0.3, 0.4) is 0 Å². The molecule has 0 spiro atoms. The summed E-state index contributed by atoms with van der Waals surface area (Å²) >= 11 is 0. The molecule has 1 aliphatic carbocycles. The SMILES string of the molecule is CCCOc1ccc(C2NC(CCCNC(N)=O)(C(=O)O)C3C(=O)N(C4CCCCC4)C(=O)C23)cc1. The fraction of sp³-hybridized carbons (Fsp3) is 0.615. The van der Waals surface area contributed by atoms with Crippen LogP contribution in [-0.2, 0) is 14.4 Å². The standard InChI is InChI=1S/C26H36N4O6/c1-2-15-36-18-11-9-16(10-12-18)21-19-20(23(32)30(22(19)31)17-7-4-3-5-8-17)26(29-21,24(33)34)13-6-14-28-25(27)35/h9-12,17,19-21,29H,2-8,13-15H2,1H3,(H,33,34)(H3,27,28,35). The highest BCUT2D eigenvalue weighted by Gasteiger charge is 2.68. The molecule has 0 radical (unpaired) electrons. The topological polar surface area (TPSA) is 151 Å². The molecule has 2 saturated heterocycles. The number of nitrogens with zero attached hydrogens (tertiary/aromatic N) is 1. The van der Waals surface area contributed by atoms with Gasteiger partial charge in [0, 0.05) is 18.6 Å². The fourth-order valence-electron chi connectivity index (χ4n) is 6.11. The highest BCUT2D eigenvalue weighted by Crippen LogP contribution is 2.51. The van der Waals surface area contributed by atoms with Crippen molar-refractivity contribution in [2.45, 2.75) is 75.9 Å². The van der Waals surface area contributed by atoms with Crippen LogP contribution < -0.4 is 21.1 Å². The van der Waals surface area contributed by atoms with Crippen LogP contribution in [0.1, 0.15) is 69.9 Å². The van der Waals surface area contributed by atoms with Crippen molar-refractivity contribution in [3.63, 3.8) is 0 Å². The molecule has 10 heteroatoms. The summed E-state index contributed by atoms with van der Waals surface area (Å²) in [5, 5.41) is 16.1. The van der Waals surface area contributed by atoms with Crippen molar-refractivity contribution in [3.05, 3.63) is 29.8 Å². The molecule has 3 fully saturated rings. The third-order valence-electron chi connectivity index (χ3n) is 7.77. The van der Waals surface area contributed by atoms with Crippen molar-refractivity contribution in [2.75, 3.05) is 13.2 Å². The maximum atomic E-state index is 13.8. The summed E-state index contributed by atoms with van der Waals surface area (Å²) in [5.74, 6) is -3.02. The molecule has 2 heterocycles. The third kappa shape index (κ3) is 4.78. The highest BCUT2D eigenvalue weighted by molar-refractivity contribution is 6.09. The number of rotatable bonds is 10. The molecule has 196 valence electrons. The van der Waals surface area contributed by atoms with E-state index in [1.54, 1.807) is 12.1 Å². The van der Waals surface area contributed by atoms with E-state index in [1.807, 2.05) is 19.1 Å². The number of nitrogens with one attached hydrogen (secondary N) is 2. The van der Waals surface area contributed by atoms with Gasteiger partial charge in [-0.1, -0.05) is 38.3 Å². The maximum absolute atomic E-state index is 13.8. The minimum Gasteiger partial charge on any atom is -0.494 e. The molecule has 0 aromatic heterocycles. The van der Waals surface area contributed by atoms with E-state index in [1.165, 1.54) is 4.90 Å². The van der Waals surface area contributed by atoms with Gasteiger partial charge in [0.2, 0.25) is 11.8 Å². The molecule has 3 aliphatic rings. The van der Waals surface area contributed by atoms with Crippen molar-refractivity contribution >= 4 is 23.8 Å². The van der Waals surface area contributed by atoms with Gasteiger partial charge in [-0.3, -0.25) is 24.6 Å². The second-order valence-electron chi connectivity index (χ2n) is 10.1. The average Bonchev–Trinajstić information content (AvgIpc) is 3.35. The summed E-state index contributed by atoms with van der Waals surface area (Å²) in [7, 11) is 0. The van der Waals surface area contributed by atoms with Gasteiger partial charge in [-0.25, -0.2) is 4.79 Å². The molecule has 1 aromatic rings. The number of carbonyl (C=O) groups excluding carboxylic acids is 3. The summed E-state index contributed by atoms with van der Waals surface area (Å²) in [4.78, 5) is 52.9. The molecule has 1 aromatic carbocycles. The maximum Gasteiger partial charge on any atom is 0.324 e. The number of benzene rings is 1. The molecular formula is C26H36N4O6. The van der Waals surface area contributed by atoms with Gasteiger partial charge in [-0.2, -0.15) is 0 Å². The minimum absolute atomic E-state index is 0.0650. The van der Waals surface area contributed by atoms with Gasteiger partial charge < -0.3 is 20.9 Å². The molecule has 36 heavy (non-hydrogen) atoms. The van der Waals surface area contributed by atoms with Gasteiger partial charge in [0.25, 0.3) is 0 Å². The fourth-order valence-corrected chi connectivity index (χ4v) is 6.11. The van der Waals surface area contributed by atoms with E-state index in [4.69, 9.17) is 10.5 Å². The Morgan fingerprint density at radius 3 is 2.47 bits per heavy atom. The number of carbonyl (C=O) groups is 4. The van der Waals surface area contributed by atoms with E-state index in [0.717, 1.165) is 44.1 Å². The Kier molecular flexibility index (Phi) is 7.82. The molecule has 2 aliphatic heterocycles. The molecule has 4 unspecified atom stereocenters. The molecule has 4 atom stereocenters. The van der Waals surface area contributed by atoms with Crippen molar-refractivity contribution in [1.29, 1.82) is 0 Å². The summed E-state index contributed by atoms with van der Waals surface area (Å²) < 4.78 is 5.67. The smallest absolute Gasteiger partial charge is 0.324 e. The Bertz CT molecular complexity index is 993. The number of amides is 4. The Morgan fingerprint density at radius 2 is 1.86 bits per heavy atom. The van der Waals surface area contributed by atoms with Crippen LogP contribution >= 0.6 is 0 Å². The lowest BCUT2D eigenvalue weighted by molar-refractivity contribution is -0.153. The lowest BCUT2D eigenvalue weighted by atomic mass is 9.77. The molecular weight excluding hydrogens is 464 g/mol. The summed E-state index contributed by atoms with van der Waals surface area (Å²) in [6.45, 7) is 2.77. The molecule has 10 nitrogen and oxygen atoms in total.